The van der Waals surface area contributed by atoms with E-state index in [4.69, 9.17) is 4.74 Å². The summed E-state index contributed by atoms with van der Waals surface area (Å²) in [6.07, 6.45) is -0.474. The maximum absolute atomic E-state index is 11.7. The highest BCUT2D eigenvalue weighted by Gasteiger charge is 2.16. The van der Waals surface area contributed by atoms with Crippen molar-refractivity contribution in [3.8, 4) is 0 Å². The summed E-state index contributed by atoms with van der Waals surface area (Å²) in [5.41, 5.74) is 1.14. The summed E-state index contributed by atoms with van der Waals surface area (Å²) in [5, 5.41) is 14.0. The number of ether oxygens (including phenoxy) is 1. The zero-order valence-electron chi connectivity index (χ0n) is 12.6. The first-order chi connectivity index (χ1) is 9.83. The smallest absolute Gasteiger partial charge is 0.412 e. The second-order valence-corrected chi connectivity index (χ2v) is 5.71. The predicted molar refractivity (Wildman–Crippen MR) is 78.0 cm³/mol. The van der Waals surface area contributed by atoms with Crippen LogP contribution in [0.2, 0.25) is 0 Å². The van der Waals surface area contributed by atoms with Gasteiger partial charge in [0.1, 0.15) is 11.4 Å². The van der Waals surface area contributed by atoms with Gasteiger partial charge in [-0.05, 0) is 55.8 Å². The van der Waals surface area contributed by atoms with E-state index in [-0.39, 0.29) is 0 Å². The monoisotopic (exact) mass is 289 g/mol. The van der Waals surface area contributed by atoms with E-state index >= 15 is 0 Å². The molecule has 7 heteroatoms. The summed E-state index contributed by atoms with van der Waals surface area (Å²) in [7, 11) is 0. The Morgan fingerprint density at radius 2 is 2.14 bits per heavy atom. The lowest BCUT2D eigenvalue weighted by atomic mass is 10.2. The average molecular weight is 289 g/mol. The lowest BCUT2D eigenvalue weighted by Gasteiger charge is -2.19. The Morgan fingerprint density at radius 3 is 2.76 bits per heavy atom. The molecule has 1 heterocycles. The predicted octanol–water partition coefficient (Wildman–Crippen LogP) is 2.38. The Morgan fingerprint density at radius 1 is 1.38 bits per heavy atom. The number of aryl methyl sites for hydroxylation is 1. The quantitative estimate of drug-likeness (QED) is 0.938. The van der Waals surface area contributed by atoms with E-state index in [0.717, 1.165) is 11.4 Å². The molecule has 0 bridgehead atoms. The van der Waals surface area contributed by atoms with Crippen LogP contribution in [0.15, 0.2) is 24.3 Å². The van der Waals surface area contributed by atoms with Crippen molar-refractivity contribution < 1.29 is 9.53 Å². The third kappa shape index (κ3) is 4.55. The first-order valence-electron chi connectivity index (χ1n) is 6.65. The Balaban J connectivity index is 2.04. The van der Waals surface area contributed by atoms with E-state index < -0.39 is 11.7 Å². The van der Waals surface area contributed by atoms with E-state index in [9.17, 15) is 4.79 Å². The standard InChI is InChI=1S/C14H19N5O2/c1-10-16-17-18-19(10)9-11-6-5-7-12(8-11)15-13(20)21-14(2,3)4/h5-8H,9H2,1-4H3,(H,15,20). The molecule has 1 aromatic heterocycles. The number of rotatable bonds is 3. The van der Waals surface area contributed by atoms with Crippen LogP contribution in [0.3, 0.4) is 0 Å². The van der Waals surface area contributed by atoms with Crippen LogP contribution in [0.1, 0.15) is 32.2 Å². The molecule has 2 aromatic rings. The SMILES string of the molecule is Cc1nnnn1Cc1cccc(NC(=O)OC(C)(C)C)c1. The molecule has 1 aromatic carbocycles. The minimum absolute atomic E-state index is 0.474. The third-order valence-electron chi connectivity index (χ3n) is 2.62. The summed E-state index contributed by atoms with van der Waals surface area (Å²) < 4.78 is 6.91. The van der Waals surface area contributed by atoms with Gasteiger partial charge in [0.15, 0.2) is 0 Å². The second kappa shape index (κ2) is 5.90. The average Bonchev–Trinajstić information content (AvgIpc) is 2.73. The first-order valence-corrected chi connectivity index (χ1v) is 6.65. The molecule has 0 saturated carbocycles. The Bertz CT molecular complexity index is 630. The zero-order chi connectivity index (χ0) is 15.5. The Kier molecular flexibility index (Phi) is 4.21. The Hall–Kier alpha value is -2.44. The third-order valence-corrected chi connectivity index (χ3v) is 2.62. The van der Waals surface area contributed by atoms with Gasteiger partial charge in [-0.1, -0.05) is 12.1 Å². The Labute approximate surface area is 123 Å². The first kappa shape index (κ1) is 15.0. The molecule has 0 spiro atoms. The molecule has 0 radical (unpaired) electrons. The summed E-state index contributed by atoms with van der Waals surface area (Å²) in [4.78, 5) is 11.7. The molecule has 0 saturated heterocycles. The number of nitrogens with zero attached hydrogens (tertiary/aromatic N) is 4. The molecule has 0 atom stereocenters. The number of tetrazole rings is 1. The van der Waals surface area contributed by atoms with E-state index in [0.29, 0.717) is 12.2 Å². The van der Waals surface area contributed by atoms with Crippen molar-refractivity contribution in [1.82, 2.24) is 20.2 Å². The minimum atomic E-state index is -0.523. The maximum Gasteiger partial charge on any atom is 0.412 e. The molecule has 0 fully saturated rings. The van der Waals surface area contributed by atoms with Gasteiger partial charge in [0.2, 0.25) is 0 Å². The van der Waals surface area contributed by atoms with E-state index in [1.807, 2.05) is 45.9 Å². The van der Waals surface area contributed by atoms with Gasteiger partial charge in [0.05, 0.1) is 6.54 Å². The van der Waals surface area contributed by atoms with Crippen molar-refractivity contribution in [2.24, 2.45) is 0 Å². The van der Waals surface area contributed by atoms with Gasteiger partial charge in [-0.15, -0.1) is 5.10 Å². The van der Waals surface area contributed by atoms with Crippen LogP contribution in [0.5, 0.6) is 0 Å². The highest BCUT2D eigenvalue weighted by atomic mass is 16.6. The number of amides is 1. The summed E-state index contributed by atoms with van der Waals surface area (Å²) in [6.45, 7) is 7.85. The van der Waals surface area contributed by atoms with Crippen molar-refractivity contribution >= 4 is 11.8 Å². The van der Waals surface area contributed by atoms with Crippen LogP contribution in [0.4, 0.5) is 10.5 Å². The molecule has 0 aliphatic carbocycles. The normalized spacial score (nSPS) is 11.2. The van der Waals surface area contributed by atoms with Gasteiger partial charge >= 0.3 is 6.09 Å². The fourth-order valence-corrected chi connectivity index (χ4v) is 1.74. The number of nitrogens with one attached hydrogen (secondary N) is 1. The molecule has 1 amide bonds. The highest BCUT2D eigenvalue weighted by molar-refractivity contribution is 5.84. The number of hydrogen-bond donors (Lipinski definition) is 1. The summed E-state index contributed by atoms with van der Waals surface area (Å²) in [5.74, 6) is 0.737. The van der Waals surface area contributed by atoms with Crippen LogP contribution < -0.4 is 5.32 Å². The summed E-state index contributed by atoms with van der Waals surface area (Å²) in [6, 6.07) is 7.48. The molecular formula is C14H19N5O2. The molecule has 1 N–H and O–H groups in total. The molecule has 7 nitrogen and oxygen atoms in total. The van der Waals surface area contributed by atoms with Gasteiger partial charge in [-0.3, -0.25) is 5.32 Å². The molecule has 0 aliphatic heterocycles. The summed E-state index contributed by atoms with van der Waals surface area (Å²) >= 11 is 0. The fourth-order valence-electron chi connectivity index (χ4n) is 1.74. The van der Waals surface area contributed by atoms with Gasteiger partial charge in [-0.2, -0.15) is 0 Å². The molecule has 2 rings (SSSR count). The van der Waals surface area contributed by atoms with Crippen LogP contribution in [-0.2, 0) is 11.3 Å². The lowest BCUT2D eigenvalue weighted by Crippen LogP contribution is -2.27. The maximum atomic E-state index is 11.7. The van der Waals surface area contributed by atoms with Gasteiger partial charge in [-0.25, -0.2) is 9.48 Å². The number of carbonyl (C=O) groups is 1. The van der Waals surface area contributed by atoms with Crippen LogP contribution in [-0.4, -0.2) is 31.9 Å². The van der Waals surface area contributed by atoms with Gasteiger partial charge < -0.3 is 4.74 Å². The van der Waals surface area contributed by atoms with Crippen molar-refractivity contribution in [3.63, 3.8) is 0 Å². The number of benzene rings is 1. The van der Waals surface area contributed by atoms with Gasteiger partial charge in [0, 0.05) is 5.69 Å². The van der Waals surface area contributed by atoms with Crippen LogP contribution in [0.25, 0.3) is 0 Å². The van der Waals surface area contributed by atoms with E-state index in [1.54, 1.807) is 10.7 Å². The minimum Gasteiger partial charge on any atom is -0.444 e. The molecule has 0 aliphatic rings. The highest BCUT2D eigenvalue weighted by Crippen LogP contribution is 2.14. The number of carbonyl (C=O) groups excluding carboxylic acids is 1. The van der Waals surface area contributed by atoms with Gasteiger partial charge in [0.25, 0.3) is 0 Å². The second-order valence-electron chi connectivity index (χ2n) is 5.71. The van der Waals surface area contributed by atoms with Crippen molar-refractivity contribution in [2.75, 3.05) is 5.32 Å². The van der Waals surface area contributed by atoms with Crippen molar-refractivity contribution in [3.05, 3.63) is 35.7 Å². The molecule has 0 unspecified atom stereocenters. The largest absolute Gasteiger partial charge is 0.444 e. The van der Waals surface area contributed by atoms with Crippen LogP contribution >= 0.6 is 0 Å². The molecule has 21 heavy (non-hydrogen) atoms. The topological polar surface area (TPSA) is 81.9 Å². The van der Waals surface area contributed by atoms with E-state index in [1.165, 1.54) is 0 Å². The van der Waals surface area contributed by atoms with Crippen molar-refractivity contribution in [2.45, 2.75) is 39.8 Å². The molecular weight excluding hydrogens is 270 g/mol. The van der Waals surface area contributed by atoms with Crippen LogP contribution in [0, 0.1) is 6.92 Å². The molecule has 112 valence electrons. The number of anilines is 1. The fraction of sp³-hybridized carbons (Fsp3) is 0.429. The number of hydrogen-bond acceptors (Lipinski definition) is 5. The number of aromatic nitrogens is 4. The van der Waals surface area contributed by atoms with Crippen molar-refractivity contribution in [1.29, 1.82) is 0 Å². The zero-order valence-corrected chi connectivity index (χ0v) is 12.6. The van der Waals surface area contributed by atoms with E-state index in [2.05, 4.69) is 20.8 Å². The lowest BCUT2D eigenvalue weighted by molar-refractivity contribution is 0.0636.